The second-order valence-electron chi connectivity index (χ2n) is 6.19. The smallest absolute Gasteiger partial charge is 0.188 e. The maximum Gasteiger partial charge on any atom is 0.188 e. The summed E-state index contributed by atoms with van der Waals surface area (Å²) in [5, 5.41) is 12.7. The summed E-state index contributed by atoms with van der Waals surface area (Å²) in [5.41, 5.74) is 5.98. The molecule has 0 saturated heterocycles. The van der Waals surface area contributed by atoms with Crippen LogP contribution in [-0.2, 0) is 0 Å². The molecule has 2 aliphatic rings. The van der Waals surface area contributed by atoms with Gasteiger partial charge in [-0.15, -0.1) is 0 Å². The largest absolute Gasteiger partial charge is 0.396 e. The lowest BCUT2D eigenvalue weighted by atomic mass is 9.80. The van der Waals surface area contributed by atoms with Gasteiger partial charge in [-0.1, -0.05) is 32.1 Å². The topological polar surface area (TPSA) is 70.6 Å². The first-order valence-electron chi connectivity index (χ1n) is 7.97. The van der Waals surface area contributed by atoms with Gasteiger partial charge in [0, 0.05) is 19.2 Å². The maximum atomic E-state index is 9.39. The third-order valence-corrected chi connectivity index (χ3v) is 4.75. The molecule has 2 saturated carbocycles. The van der Waals surface area contributed by atoms with Crippen LogP contribution in [0.25, 0.3) is 0 Å². The Labute approximate surface area is 116 Å². The molecule has 2 rings (SSSR count). The zero-order valence-corrected chi connectivity index (χ0v) is 12.0. The number of nitrogens with one attached hydrogen (secondary N) is 1. The minimum Gasteiger partial charge on any atom is -0.396 e. The molecule has 4 heteroatoms. The van der Waals surface area contributed by atoms with Gasteiger partial charge in [0.25, 0.3) is 0 Å². The zero-order chi connectivity index (χ0) is 13.5. The van der Waals surface area contributed by atoms with Crippen LogP contribution in [0.4, 0.5) is 0 Å². The average molecular weight is 267 g/mol. The van der Waals surface area contributed by atoms with Crippen molar-refractivity contribution < 1.29 is 5.11 Å². The Morgan fingerprint density at radius 1 is 1.00 bits per heavy atom. The third kappa shape index (κ3) is 4.68. The van der Waals surface area contributed by atoms with Crippen molar-refractivity contribution in [3.63, 3.8) is 0 Å². The predicted octanol–water partition coefficient (Wildman–Crippen LogP) is 2.02. The van der Waals surface area contributed by atoms with E-state index in [1.165, 1.54) is 51.4 Å². The Hall–Kier alpha value is -0.770. The molecule has 2 aliphatic carbocycles. The number of aliphatic imine (C=N–C) groups is 1. The molecule has 0 aromatic rings. The van der Waals surface area contributed by atoms with Crippen LogP contribution in [0.3, 0.4) is 0 Å². The molecule has 19 heavy (non-hydrogen) atoms. The summed E-state index contributed by atoms with van der Waals surface area (Å²) in [6.07, 6.45) is 11.3. The van der Waals surface area contributed by atoms with Gasteiger partial charge in [0.05, 0.1) is 0 Å². The van der Waals surface area contributed by atoms with Crippen molar-refractivity contribution in [2.75, 3.05) is 13.2 Å². The van der Waals surface area contributed by atoms with Gasteiger partial charge in [-0.25, -0.2) is 0 Å². The summed E-state index contributed by atoms with van der Waals surface area (Å²) in [7, 11) is 0. The number of guanidine groups is 1. The highest BCUT2D eigenvalue weighted by molar-refractivity contribution is 5.78. The summed E-state index contributed by atoms with van der Waals surface area (Å²) < 4.78 is 0. The summed E-state index contributed by atoms with van der Waals surface area (Å²) >= 11 is 0. The highest BCUT2D eigenvalue weighted by Crippen LogP contribution is 2.29. The molecule has 0 spiro atoms. The van der Waals surface area contributed by atoms with Crippen LogP contribution in [0.2, 0.25) is 0 Å². The molecule has 0 radical (unpaired) electrons. The van der Waals surface area contributed by atoms with E-state index in [2.05, 4.69) is 10.3 Å². The van der Waals surface area contributed by atoms with Crippen LogP contribution >= 0.6 is 0 Å². The van der Waals surface area contributed by atoms with E-state index in [0.29, 0.717) is 30.4 Å². The summed E-state index contributed by atoms with van der Waals surface area (Å²) in [5.74, 6) is 1.56. The summed E-state index contributed by atoms with van der Waals surface area (Å²) in [6.45, 7) is 1.08. The van der Waals surface area contributed by atoms with Gasteiger partial charge >= 0.3 is 0 Å². The number of aliphatic hydroxyl groups is 1. The van der Waals surface area contributed by atoms with Gasteiger partial charge in [0.1, 0.15) is 0 Å². The molecule has 0 bridgehead atoms. The molecule has 4 N–H and O–H groups in total. The zero-order valence-electron chi connectivity index (χ0n) is 12.0. The SMILES string of the molecule is NC(=NCC1CCCCC1CO)NC1CCCCC1. The van der Waals surface area contributed by atoms with Crippen molar-refractivity contribution in [1.29, 1.82) is 0 Å². The Morgan fingerprint density at radius 3 is 2.32 bits per heavy atom. The van der Waals surface area contributed by atoms with Gasteiger partial charge in [-0.2, -0.15) is 0 Å². The number of nitrogens with two attached hydrogens (primary N) is 1. The molecular weight excluding hydrogens is 238 g/mol. The first kappa shape index (κ1) is 14.6. The normalized spacial score (nSPS) is 30.3. The first-order chi connectivity index (χ1) is 9.29. The highest BCUT2D eigenvalue weighted by Gasteiger charge is 2.24. The van der Waals surface area contributed by atoms with E-state index in [1.807, 2.05) is 0 Å². The monoisotopic (exact) mass is 267 g/mol. The number of nitrogens with zero attached hydrogens (tertiary/aromatic N) is 1. The van der Waals surface area contributed by atoms with Crippen LogP contribution in [0.15, 0.2) is 4.99 Å². The fraction of sp³-hybridized carbons (Fsp3) is 0.933. The number of rotatable bonds is 4. The average Bonchev–Trinajstić information content (AvgIpc) is 2.46. The van der Waals surface area contributed by atoms with Crippen LogP contribution < -0.4 is 11.1 Å². The molecule has 0 heterocycles. The first-order valence-corrected chi connectivity index (χ1v) is 7.97. The van der Waals surface area contributed by atoms with Gasteiger partial charge in [-0.05, 0) is 37.5 Å². The molecule has 0 aromatic carbocycles. The second kappa shape index (κ2) is 7.73. The molecule has 110 valence electrons. The molecule has 2 atom stereocenters. The lowest BCUT2D eigenvalue weighted by molar-refractivity contribution is 0.139. The van der Waals surface area contributed by atoms with Crippen LogP contribution in [0.1, 0.15) is 57.8 Å². The van der Waals surface area contributed by atoms with E-state index >= 15 is 0 Å². The molecule has 4 nitrogen and oxygen atoms in total. The molecule has 2 fully saturated rings. The van der Waals surface area contributed by atoms with Gasteiger partial charge in [0.15, 0.2) is 5.96 Å². The van der Waals surface area contributed by atoms with Crippen molar-refractivity contribution in [2.45, 2.75) is 63.8 Å². The molecule has 0 aliphatic heterocycles. The number of hydrogen-bond acceptors (Lipinski definition) is 2. The van der Waals surface area contributed by atoms with Crippen molar-refractivity contribution in [3.05, 3.63) is 0 Å². The predicted molar refractivity (Wildman–Crippen MR) is 79.0 cm³/mol. The maximum absolute atomic E-state index is 9.39. The summed E-state index contributed by atoms with van der Waals surface area (Å²) in [4.78, 5) is 4.51. The van der Waals surface area contributed by atoms with Gasteiger partial charge < -0.3 is 16.2 Å². The standard InChI is InChI=1S/C15H29N3O/c16-15(18-14-8-2-1-3-9-14)17-10-12-6-4-5-7-13(12)11-19/h12-14,19H,1-11H2,(H3,16,17,18). The van der Waals surface area contributed by atoms with E-state index in [4.69, 9.17) is 5.73 Å². The van der Waals surface area contributed by atoms with E-state index < -0.39 is 0 Å². The Morgan fingerprint density at radius 2 is 1.63 bits per heavy atom. The molecule has 0 aromatic heterocycles. The number of aliphatic hydroxyl groups excluding tert-OH is 1. The van der Waals surface area contributed by atoms with Gasteiger partial charge in [-0.3, -0.25) is 4.99 Å². The van der Waals surface area contributed by atoms with E-state index in [-0.39, 0.29) is 0 Å². The van der Waals surface area contributed by atoms with E-state index in [1.54, 1.807) is 0 Å². The minimum atomic E-state index is 0.302. The number of hydrogen-bond donors (Lipinski definition) is 3. The lowest BCUT2D eigenvalue weighted by Crippen LogP contribution is -2.41. The van der Waals surface area contributed by atoms with Gasteiger partial charge in [0.2, 0.25) is 0 Å². The molecule has 2 unspecified atom stereocenters. The fourth-order valence-corrected chi connectivity index (χ4v) is 3.48. The van der Waals surface area contributed by atoms with Crippen molar-refractivity contribution in [1.82, 2.24) is 5.32 Å². The minimum absolute atomic E-state index is 0.302. The Kier molecular flexibility index (Phi) is 5.95. The van der Waals surface area contributed by atoms with Crippen LogP contribution in [-0.4, -0.2) is 30.3 Å². The fourth-order valence-electron chi connectivity index (χ4n) is 3.48. The third-order valence-electron chi connectivity index (χ3n) is 4.75. The highest BCUT2D eigenvalue weighted by atomic mass is 16.3. The van der Waals surface area contributed by atoms with E-state index in [0.717, 1.165) is 13.0 Å². The summed E-state index contributed by atoms with van der Waals surface area (Å²) in [6, 6.07) is 0.525. The van der Waals surface area contributed by atoms with Crippen LogP contribution in [0.5, 0.6) is 0 Å². The van der Waals surface area contributed by atoms with E-state index in [9.17, 15) is 5.11 Å². The second-order valence-corrected chi connectivity index (χ2v) is 6.19. The van der Waals surface area contributed by atoms with Crippen LogP contribution in [0, 0.1) is 11.8 Å². The van der Waals surface area contributed by atoms with Crippen molar-refractivity contribution in [3.8, 4) is 0 Å². The van der Waals surface area contributed by atoms with Crippen molar-refractivity contribution in [2.24, 2.45) is 22.6 Å². The molecule has 0 amide bonds. The Balaban J connectivity index is 1.76. The van der Waals surface area contributed by atoms with Crippen molar-refractivity contribution >= 4 is 5.96 Å². The quantitative estimate of drug-likeness (QED) is 0.539. The lowest BCUT2D eigenvalue weighted by Gasteiger charge is -2.29. The Bertz CT molecular complexity index is 287. The molecular formula is C15H29N3O.